The summed E-state index contributed by atoms with van der Waals surface area (Å²) in [5.41, 5.74) is 0. The molecule has 2 unspecified atom stereocenters. The largest absolute Gasteiger partial charge is 0.463 e. The van der Waals surface area contributed by atoms with E-state index in [4.69, 9.17) is 4.42 Å². The Bertz CT molecular complexity index is 405. The molecule has 0 spiro atoms. The Morgan fingerprint density at radius 3 is 3.11 bits per heavy atom. The number of ether oxygens (including phenoxy) is 1. The predicted octanol–water partition coefficient (Wildman–Crippen LogP) is 2.44. The van der Waals surface area contributed by atoms with E-state index in [1.165, 1.54) is 26.4 Å². The highest BCUT2D eigenvalue weighted by Gasteiger charge is 2.26. The van der Waals surface area contributed by atoms with E-state index in [9.17, 15) is 4.79 Å². The van der Waals surface area contributed by atoms with Gasteiger partial charge in [-0.1, -0.05) is 6.42 Å². The molecule has 2 rings (SSSR count). The first kappa shape index (κ1) is 13.5. The maximum atomic E-state index is 11.2. The van der Waals surface area contributed by atoms with E-state index in [0.717, 1.165) is 5.76 Å². The molecule has 1 saturated carbocycles. The summed E-state index contributed by atoms with van der Waals surface area (Å²) in [6, 6.07) is 4.03. The molecule has 0 amide bonds. The van der Waals surface area contributed by atoms with Crippen molar-refractivity contribution in [2.45, 2.75) is 37.1 Å². The molecule has 0 aliphatic heterocycles. The van der Waals surface area contributed by atoms with Crippen molar-refractivity contribution in [3.8, 4) is 0 Å². The number of rotatable bonds is 5. The second-order valence-corrected chi connectivity index (χ2v) is 5.53. The zero-order valence-corrected chi connectivity index (χ0v) is 11.6. The Morgan fingerprint density at radius 1 is 1.56 bits per heavy atom. The summed E-state index contributed by atoms with van der Waals surface area (Å²) in [4.78, 5) is 11.2. The number of carbonyl (C=O) groups excluding carboxylic acids is 1. The van der Waals surface area contributed by atoms with Crippen molar-refractivity contribution in [1.29, 1.82) is 0 Å². The number of carbonyl (C=O) groups is 1. The van der Waals surface area contributed by atoms with Crippen molar-refractivity contribution in [3.63, 3.8) is 0 Å². The molecule has 0 saturated heterocycles. The van der Waals surface area contributed by atoms with Gasteiger partial charge in [0, 0.05) is 11.3 Å². The molecule has 1 N–H and O–H groups in total. The van der Waals surface area contributed by atoms with E-state index < -0.39 is 5.97 Å². The van der Waals surface area contributed by atoms with Crippen LogP contribution in [0.4, 0.5) is 0 Å². The molecule has 0 radical (unpaired) electrons. The van der Waals surface area contributed by atoms with Crippen LogP contribution in [0, 0.1) is 0 Å². The van der Waals surface area contributed by atoms with Gasteiger partial charge < -0.3 is 14.5 Å². The lowest BCUT2D eigenvalue weighted by molar-refractivity contribution is 0.0563. The first-order valence-corrected chi connectivity index (χ1v) is 7.46. The molecule has 1 aromatic heterocycles. The zero-order chi connectivity index (χ0) is 13.0. The average Bonchev–Trinajstić information content (AvgIpc) is 3.03. The number of esters is 1. The number of hydrogen-bond acceptors (Lipinski definition) is 5. The van der Waals surface area contributed by atoms with Crippen molar-refractivity contribution in [3.05, 3.63) is 23.7 Å². The van der Waals surface area contributed by atoms with E-state index in [1.54, 1.807) is 6.07 Å². The molecule has 2 atom stereocenters. The van der Waals surface area contributed by atoms with Crippen LogP contribution in [-0.4, -0.2) is 30.6 Å². The van der Waals surface area contributed by atoms with Crippen LogP contribution in [0.3, 0.4) is 0 Å². The summed E-state index contributed by atoms with van der Waals surface area (Å²) in [5, 5.41) is 4.20. The maximum Gasteiger partial charge on any atom is 0.373 e. The Morgan fingerprint density at radius 2 is 2.39 bits per heavy atom. The van der Waals surface area contributed by atoms with Crippen LogP contribution in [-0.2, 0) is 11.3 Å². The molecule has 18 heavy (non-hydrogen) atoms. The van der Waals surface area contributed by atoms with Crippen molar-refractivity contribution < 1.29 is 13.9 Å². The fourth-order valence-corrected chi connectivity index (χ4v) is 3.32. The SMILES string of the molecule is COC(=O)c1ccc(CNC2CCCC2SC)o1. The summed E-state index contributed by atoms with van der Waals surface area (Å²) >= 11 is 1.92. The highest BCUT2D eigenvalue weighted by Crippen LogP contribution is 2.28. The van der Waals surface area contributed by atoms with E-state index in [-0.39, 0.29) is 5.76 Å². The van der Waals surface area contributed by atoms with Gasteiger partial charge in [-0.25, -0.2) is 4.79 Å². The molecular weight excluding hydrogens is 250 g/mol. The molecule has 4 nitrogen and oxygen atoms in total. The lowest BCUT2D eigenvalue weighted by Crippen LogP contribution is -2.33. The number of methoxy groups -OCH3 is 1. The minimum absolute atomic E-state index is 0.266. The molecule has 1 aromatic rings. The first-order chi connectivity index (χ1) is 8.74. The molecule has 1 aliphatic carbocycles. The average molecular weight is 269 g/mol. The van der Waals surface area contributed by atoms with Gasteiger partial charge >= 0.3 is 5.97 Å². The molecule has 1 heterocycles. The molecule has 0 bridgehead atoms. The number of thioether (sulfide) groups is 1. The Hall–Kier alpha value is -0.940. The highest BCUT2D eigenvalue weighted by molar-refractivity contribution is 7.99. The minimum atomic E-state index is -0.427. The van der Waals surface area contributed by atoms with Crippen LogP contribution in [0.5, 0.6) is 0 Å². The second-order valence-electron chi connectivity index (χ2n) is 4.45. The van der Waals surface area contributed by atoms with Gasteiger partial charge in [-0.05, 0) is 31.2 Å². The van der Waals surface area contributed by atoms with Gasteiger partial charge in [-0.2, -0.15) is 11.8 Å². The molecule has 1 fully saturated rings. The Kier molecular flexibility index (Phi) is 4.72. The molecular formula is C13H19NO3S. The van der Waals surface area contributed by atoms with Crippen LogP contribution >= 0.6 is 11.8 Å². The monoisotopic (exact) mass is 269 g/mol. The fraction of sp³-hybridized carbons (Fsp3) is 0.615. The summed E-state index contributed by atoms with van der Waals surface area (Å²) < 4.78 is 10.0. The van der Waals surface area contributed by atoms with E-state index in [1.807, 2.05) is 17.8 Å². The van der Waals surface area contributed by atoms with Gasteiger partial charge in [0.05, 0.1) is 13.7 Å². The van der Waals surface area contributed by atoms with Crippen LogP contribution in [0.2, 0.25) is 0 Å². The van der Waals surface area contributed by atoms with E-state index >= 15 is 0 Å². The van der Waals surface area contributed by atoms with Crippen LogP contribution in [0.1, 0.15) is 35.6 Å². The smallest absolute Gasteiger partial charge is 0.373 e. The van der Waals surface area contributed by atoms with E-state index in [2.05, 4.69) is 16.3 Å². The number of nitrogens with one attached hydrogen (secondary N) is 1. The Balaban J connectivity index is 1.86. The lowest BCUT2D eigenvalue weighted by atomic mass is 10.2. The van der Waals surface area contributed by atoms with Gasteiger partial charge in [0.25, 0.3) is 0 Å². The summed E-state index contributed by atoms with van der Waals surface area (Å²) in [5.74, 6) is 0.619. The summed E-state index contributed by atoms with van der Waals surface area (Å²) in [6.07, 6.45) is 5.95. The first-order valence-electron chi connectivity index (χ1n) is 6.17. The number of hydrogen-bond donors (Lipinski definition) is 1. The second kappa shape index (κ2) is 6.29. The van der Waals surface area contributed by atoms with Gasteiger partial charge in [0.1, 0.15) is 5.76 Å². The lowest BCUT2D eigenvalue weighted by Gasteiger charge is -2.18. The van der Waals surface area contributed by atoms with Gasteiger partial charge in [-0.15, -0.1) is 0 Å². The minimum Gasteiger partial charge on any atom is -0.463 e. The van der Waals surface area contributed by atoms with Crippen molar-refractivity contribution in [1.82, 2.24) is 5.32 Å². The topological polar surface area (TPSA) is 51.5 Å². The van der Waals surface area contributed by atoms with Crippen molar-refractivity contribution in [2.75, 3.05) is 13.4 Å². The standard InChI is InChI=1S/C13H19NO3S/c1-16-13(15)11-7-6-9(17-11)8-14-10-4-3-5-12(10)18-2/h6-7,10,12,14H,3-5,8H2,1-2H3. The zero-order valence-electron chi connectivity index (χ0n) is 10.8. The number of furan rings is 1. The van der Waals surface area contributed by atoms with Gasteiger partial charge in [0.15, 0.2) is 0 Å². The Labute approximate surface area is 111 Å². The third kappa shape index (κ3) is 3.09. The normalized spacial score (nSPS) is 23.2. The van der Waals surface area contributed by atoms with Crippen LogP contribution in [0.25, 0.3) is 0 Å². The van der Waals surface area contributed by atoms with Crippen LogP contribution < -0.4 is 5.32 Å². The van der Waals surface area contributed by atoms with Crippen molar-refractivity contribution >= 4 is 17.7 Å². The maximum absolute atomic E-state index is 11.2. The predicted molar refractivity (Wildman–Crippen MR) is 71.8 cm³/mol. The highest BCUT2D eigenvalue weighted by atomic mass is 32.2. The molecule has 100 valence electrons. The third-order valence-corrected chi connectivity index (χ3v) is 4.51. The molecule has 0 aromatic carbocycles. The van der Waals surface area contributed by atoms with Gasteiger partial charge in [0.2, 0.25) is 5.76 Å². The molecule has 5 heteroatoms. The van der Waals surface area contributed by atoms with Crippen molar-refractivity contribution in [2.24, 2.45) is 0 Å². The summed E-state index contributed by atoms with van der Waals surface area (Å²) in [6.45, 7) is 0.665. The van der Waals surface area contributed by atoms with Gasteiger partial charge in [-0.3, -0.25) is 0 Å². The summed E-state index contributed by atoms with van der Waals surface area (Å²) in [7, 11) is 1.35. The third-order valence-electron chi connectivity index (χ3n) is 3.34. The van der Waals surface area contributed by atoms with Crippen LogP contribution in [0.15, 0.2) is 16.5 Å². The fourth-order valence-electron chi connectivity index (χ4n) is 2.36. The quantitative estimate of drug-likeness (QED) is 0.832. The van der Waals surface area contributed by atoms with E-state index in [0.29, 0.717) is 17.8 Å². The molecule has 1 aliphatic rings.